The molecule has 0 fully saturated rings. The maximum Gasteiger partial charge on any atom is 0.143 e. The quantitative estimate of drug-likeness (QED) is 0.573. The Labute approximate surface area is 116 Å². The third-order valence-electron chi connectivity index (χ3n) is 3.38. The van der Waals surface area contributed by atoms with Crippen LogP contribution in [0.2, 0.25) is 0 Å². The predicted molar refractivity (Wildman–Crippen MR) is 80.9 cm³/mol. The molecule has 0 atom stereocenters. The summed E-state index contributed by atoms with van der Waals surface area (Å²) >= 11 is 0. The van der Waals surface area contributed by atoms with E-state index in [0.29, 0.717) is 11.8 Å². The molecule has 0 aromatic heterocycles. The van der Waals surface area contributed by atoms with Crippen LogP contribution in [0.3, 0.4) is 0 Å². The van der Waals surface area contributed by atoms with Crippen molar-refractivity contribution in [1.82, 2.24) is 0 Å². The summed E-state index contributed by atoms with van der Waals surface area (Å²) in [4.78, 5) is 10.7. The molecule has 2 nitrogen and oxygen atoms in total. The van der Waals surface area contributed by atoms with Crippen molar-refractivity contribution in [3.63, 3.8) is 0 Å². The van der Waals surface area contributed by atoms with E-state index in [2.05, 4.69) is 39.8 Å². The van der Waals surface area contributed by atoms with E-state index < -0.39 is 0 Å². The van der Waals surface area contributed by atoms with Crippen LogP contribution in [0.25, 0.3) is 5.57 Å². The predicted octanol–water partition coefficient (Wildman–Crippen LogP) is 4.54. The van der Waals surface area contributed by atoms with Crippen LogP contribution in [0, 0.1) is 0 Å². The molecule has 0 bridgehead atoms. The number of hydrogen-bond acceptors (Lipinski definition) is 2. The summed E-state index contributed by atoms with van der Waals surface area (Å²) in [7, 11) is 1.69. The standard InChI is InChI=1S/C17H24O2/c1-11(2)14-9-15(12(3)4)17(19-6)16(10-14)13(5)7-8-18/h7-12H,1-6H3/b13-7-. The van der Waals surface area contributed by atoms with E-state index in [-0.39, 0.29) is 0 Å². The van der Waals surface area contributed by atoms with Gasteiger partial charge >= 0.3 is 0 Å². The number of hydrogen-bond donors (Lipinski definition) is 0. The van der Waals surface area contributed by atoms with Gasteiger partial charge in [0.25, 0.3) is 0 Å². The Morgan fingerprint density at radius 1 is 1.16 bits per heavy atom. The molecule has 19 heavy (non-hydrogen) atoms. The summed E-state index contributed by atoms with van der Waals surface area (Å²) in [6, 6.07) is 4.34. The molecule has 1 rings (SSSR count). The fourth-order valence-corrected chi connectivity index (χ4v) is 2.15. The lowest BCUT2D eigenvalue weighted by Gasteiger charge is -2.20. The number of aldehydes is 1. The van der Waals surface area contributed by atoms with Crippen molar-refractivity contribution in [3.8, 4) is 5.75 Å². The first-order chi connectivity index (χ1) is 8.92. The number of carbonyl (C=O) groups excluding carboxylic acids is 1. The molecule has 104 valence electrons. The molecule has 0 aliphatic carbocycles. The number of allylic oxidation sites excluding steroid dienone is 2. The minimum Gasteiger partial charge on any atom is -0.496 e. The zero-order chi connectivity index (χ0) is 14.6. The van der Waals surface area contributed by atoms with Gasteiger partial charge in [-0.25, -0.2) is 0 Å². The Balaban J connectivity index is 3.58. The van der Waals surface area contributed by atoms with E-state index in [9.17, 15) is 4.79 Å². The highest BCUT2D eigenvalue weighted by Gasteiger charge is 2.16. The van der Waals surface area contributed by atoms with Crippen LogP contribution in [0.15, 0.2) is 18.2 Å². The van der Waals surface area contributed by atoms with Crippen LogP contribution < -0.4 is 4.74 Å². The average molecular weight is 260 g/mol. The molecule has 0 radical (unpaired) electrons. The van der Waals surface area contributed by atoms with E-state index in [4.69, 9.17) is 4.74 Å². The van der Waals surface area contributed by atoms with Gasteiger partial charge in [-0.2, -0.15) is 0 Å². The van der Waals surface area contributed by atoms with Crippen LogP contribution >= 0.6 is 0 Å². The fourth-order valence-electron chi connectivity index (χ4n) is 2.15. The van der Waals surface area contributed by atoms with Gasteiger partial charge in [-0.05, 0) is 47.6 Å². The van der Waals surface area contributed by atoms with Crippen LogP contribution in [-0.2, 0) is 4.79 Å². The van der Waals surface area contributed by atoms with Gasteiger partial charge in [0.05, 0.1) is 7.11 Å². The Morgan fingerprint density at radius 3 is 2.21 bits per heavy atom. The Hall–Kier alpha value is -1.57. The van der Waals surface area contributed by atoms with Gasteiger partial charge < -0.3 is 4.74 Å². The highest BCUT2D eigenvalue weighted by Crippen LogP contribution is 2.37. The smallest absolute Gasteiger partial charge is 0.143 e. The molecular formula is C17H24O2. The molecule has 1 aromatic carbocycles. The molecule has 0 saturated heterocycles. The molecule has 0 saturated carbocycles. The zero-order valence-electron chi connectivity index (χ0n) is 12.8. The molecule has 0 unspecified atom stereocenters. The third kappa shape index (κ3) is 3.46. The SMILES string of the molecule is COc1c(/C(C)=C\C=O)cc(C(C)C)cc1C(C)C. The maximum atomic E-state index is 10.7. The monoisotopic (exact) mass is 260 g/mol. The molecule has 0 spiro atoms. The minimum absolute atomic E-state index is 0.386. The highest BCUT2D eigenvalue weighted by molar-refractivity contribution is 5.83. The van der Waals surface area contributed by atoms with Crippen LogP contribution in [0.1, 0.15) is 63.1 Å². The Bertz CT molecular complexity index is 482. The van der Waals surface area contributed by atoms with Crippen molar-refractivity contribution < 1.29 is 9.53 Å². The van der Waals surface area contributed by atoms with Gasteiger partial charge in [0.2, 0.25) is 0 Å². The van der Waals surface area contributed by atoms with Gasteiger partial charge in [-0.3, -0.25) is 4.79 Å². The summed E-state index contributed by atoms with van der Waals surface area (Å²) in [6.07, 6.45) is 2.41. The lowest BCUT2D eigenvalue weighted by molar-refractivity contribution is -0.104. The molecule has 1 aromatic rings. The lowest BCUT2D eigenvalue weighted by atomic mass is 9.90. The first kappa shape index (κ1) is 15.5. The second-order valence-corrected chi connectivity index (χ2v) is 5.49. The van der Waals surface area contributed by atoms with Gasteiger partial charge in [-0.15, -0.1) is 0 Å². The Kier molecular flexibility index (Phi) is 5.34. The number of benzene rings is 1. The van der Waals surface area contributed by atoms with E-state index in [1.807, 2.05) is 6.92 Å². The maximum absolute atomic E-state index is 10.7. The fraction of sp³-hybridized carbons (Fsp3) is 0.471. The van der Waals surface area contributed by atoms with Crippen LogP contribution in [-0.4, -0.2) is 13.4 Å². The summed E-state index contributed by atoms with van der Waals surface area (Å²) in [5, 5.41) is 0. The minimum atomic E-state index is 0.386. The number of carbonyl (C=O) groups is 1. The van der Waals surface area contributed by atoms with Crippen molar-refractivity contribution in [3.05, 3.63) is 34.9 Å². The van der Waals surface area contributed by atoms with E-state index in [1.54, 1.807) is 13.2 Å². The van der Waals surface area contributed by atoms with Gasteiger partial charge in [-0.1, -0.05) is 33.8 Å². The van der Waals surface area contributed by atoms with Crippen molar-refractivity contribution in [1.29, 1.82) is 0 Å². The molecule has 0 aliphatic heterocycles. The molecular weight excluding hydrogens is 236 g/mol. The third-order valence-corrected chi connectivity index (χ3v) is 3.38. The summed E-state index contributed by atoms with van der Waals surface area (Å²) in [5.41, 5.74) is 4.43. The number of rotatable bonds is 5. The van der Waals surface area contributed by atoms with Crippen molar-refractivity contribution >= 4 is 11.9 Å². The topological polar surface area (TPSA) is 26.3 Å². The normalized spacial score (nSPS) is 12.1. The number of methoxy groups -OCH3 is 1. The van der Waals surface area contributed by atoms with Gasteiger partial charge in [0, 0.05) is 5.56 Å². The van der Waals surface area contributed by atoms with Gasteiger partial charge in [0.1, 0.15) is 12.0 Å². The highest BCUT2D eigenvalue weighted by atomic mass is 16.5. The van der Waals surface area contributed by atoms with Crippen molar-refractivity contribution in [2.45, 2.75) is 46.5 Å². The zero-order valence-corrected chi connectivity index (χ0v) is 12.8. The second-order valence-electron chi connectivity index (χ2n) is 5.49. The largest absolute Gasteiger partial charge is 0.496 e. The first-order valence-corrected chi connectivity index (χ1v) is 6.76. The summed E-state index contributed by atoms with van der Waals surface area (Å²) in [5.74, 6) is 1.72. The first-order valence-electron chi connectivity index (χ1n) is 6.76. The lowest BCUT2D eigenvalue weighted by Crippen LogP contribution is -2.02. The van der Waals surface area contributed by atoms with E-state index >= 15 is 0 Å². The second kappa shape index (κ2) is 6.55. The molecule has 0 aliphatic rings. The molecule has 2 heteroatoms. The average Bonchev–Trinajstić information content (AvgIpc) is 2.36. The van der Waals surface area contributed by atoms with Crippen LogP contribution in [0.4, 0.5) is 0 Å². The Morgan fingerprint density at radius 2 is 1.79 bits per heavy atom. The summed E-state index contributed by atoms with van der Waals surface area (Å²) in [6.45, 7) is 10.6. The molecule has 0 amide bonds. The van der Waals surface area contributed by atoms with Crippen molar-refractivity contribution in [2.75, 3.05) is 7.11 Å². The van der Waals surface area contributed by atoms with Crippen LogP contribution in [0.5, 0.6) is 5.75 Å². The van der Waals surface area contributed by atoms with Gasteiger partial charge in [0.15, 0.2) is 0 Å². The molecule has 0 heterocycles. The number of ether oxygens (including phenoxy) is 1. The van der Waals surface area contributed by atoms with E-state index in [1.165, 1.54) is 11.1 Å². The van der Waals surface area contributed by atoms with Crippen molar-refractivity contribution in [2.24, 2.45) is 0 Å². The van der Waals surface area contributed by atoms with E-state index in [0.717, 1.165) is 23.2 Å². The summed E-state index contributed by atoms with van der Waals surface area (Å²) < 4.78 is 5.58. The molecule has 0 N–H and O–H groups in total.